The lowest BCUT2D eigenvalue weighted by molar-refractivity contribution is 1.19. The van der Waals surface area contributed by atoms with Crippen molar-refractivity contribution < 1.29 is 0 Å². The summed E-state index contributed by atoms with van der Waals surface area (Å²) in [4.78, 5) is 2.26. The van der Waals surface area contributed by atoms with Crippen LogP contribution in [0.5, 0.6) is 0 Å². The molecule has 0 bridgehead atoms. The largest absolute Gasteiger partial charge is 0.355 e. The van der Waals surface area contributed by atoms with Crippen LogP contribution in [0.2, 0.25) is 0 Å². The normalized spacial score (nSPS) is 13.7. The van der Waals surface area contributed by atoms with E-state index in [-0.39, 0.29) is 0 Å². The molecule has 54 heavy (non-hydrogen) atoms. The van der Waals surface area contributed by atoms with Crippen LogP contribution in [0.15, 0.2) is 189 Å². The standard InChI is InChI=1S/C48H33N3S.C2H6/c1-32-14-12-13-29-50(35-17-6-3-7-18-35)45-27-25-39-41-31-36(24-28-46(41)52-48(39)47(32)45)51-43-22-11-9-20-38(43)40-30-34(23-26-44(40)51)49-42-21-10-8-19-37(42)33-15-4-2-5-16-33;1-2/h2-31,49H,1H2;1-2H3/b14-12-,29-13-;. The maximum Gasteiger partial charge on any atom is 0.0548 e. The van der Waals surface area contributed by atoms with Crippen LogP contribution < -0.4 is 10.2 Å². The van der Waals surface area contributed by atoms with E-state index in [1.165, 1.54) is 58.7 Å². The molecular formula is C50H39N3S. The van der Waals surface area contributed by atoms with Gasteiger partial charge in [0.15, 0.2) is 0 Å². The minimum atomic E-state index is 1.01. The summed E-state index contributed by atoms with van der Waals surface area (Å²) < 4.78 is 4.92. The Morgan fingerprint density at radius 3 is 2.17 bits per heavy atom. The van der Waals surface area contributed by atoms with Gasteiger partial charge < -0.3 is 14.8 Å². The number of allylic oxidation sites excluding steroid dienone is 4. The summed E-state index contributed by atoms with van der Waals surface area (Å²) >= 11 is 1.85. The van der Waals surface area contributed by atoms with Crippen molar-refractivity contribution in [2.24, 2.45) is 0 Å². The molecule has 2 aromatic heterocycles. The summed E-state index contributed by atoms with van der Waals surface area (Å²) in [7, 11) is 0. The zero-order valence-electron chi connectivity index (χ0n) is 30.3. The van der Waals surface area contributed by atoms with Crippen molar-refractivity contribution in [3.8, 4) is 16.8 Å². The number of hydrogen-bond acceptors (Lipinski definition) is 3. The highest BCUT2D eigenvalue weighted by atomic mass is 32.1. The smallest absolute Gasteiger partial charge is 0.0548 e. The van der Waals surface area contributed by atoms with Crippen LogP contribution in [0, 0.1) is 0 Å². The lowest BCUT2D eigenvalue weighted by Gasteiger charge is -2.25. The second-order valence-corrected chi connectivity index (χ2v) is 14.2. The second-order valence-electron chi connectivity index (χ2n) is 13.2. The molecule has 0 fully saturated rings. The van der Waals surface area contributed by atoms with Gasteiger partial charge in [0, 0.05) is 71.0 Å². The first kappa shape index (κ1) is 33.2. The predicted octanol–water partition coefficient (Wildman–Crippen LogP) is 14.8. The third-order valence-corrected chi connectivity index (χ3v) is 11.3. The van der Waals surface area contributed by atoms with Crippen LogP contribution in [0.4, 0.5) is 22.7 Å². The number of benzene rings is 7. The van der Waals surface area contributed by atoms with E-state index in [2.05, 4.69) is 204 Å². The quantitative estimate of drug-likeness (QED) is 0.192. The van der Waals surface area contributed by atoms with Gasteiger partial charge in [-0.3, -0.25) is 0 Å². The number of anilines is 4. The van der Waals surface area contributed by atoms with Crippen LogP contribution in [0.3, 0.4) is 0 Å². The monoisotopic (exact) mass is 713 g/mol. The average Bonchev–Trinajstić information content (AvgIpc) is 3.76. The summed E-state index contributed by atoms with van der Waals surface area (Å²) in [5, 5.41) is 8.68. The van der Waals surface area contributed by atoms with Gasteiger partial charge in [-0.05, 0) is 83.9 Å². The van der Waals surface area contributed by atoms with Gasteiger partial charge in [-0.1, -0.05) is 124 Å². The zero-order valence-corrected chi connectivity index (χ0v) is 31.1. The molecule has 10 rings (SSSR count). The van der Waals surface area contributed by atoms with E-state index in [0.717, 1.165) is 34.0 Å². The molecule has 1 aliphatic heterocycles. The molecule has 0 radical (unpaired) electrons. The Morgan fingerprint density at radius 1 is 0.574 bits per heavy atom. The van der Waals surface area contributed by atoms with Crippen LogP contribution >= 0.6 is 11.3 Å². The third kappa shape index (κ3) is 5.69. The van der Waals surface area contributed by atoms with Crippen molar-refractivity contribution in [3.63, 3.8) is 0 Å². The fourth-order valence-electron chi connectivity index (χ4n) is 7.70. The molecule has 0 saturated heterocycles. The minimum absolute atomic E-state index is 1.01. The Kier molecular flexibility index (Phi) is 8.66. The predicted molar refractivity (Wildman–Crippen MR) is 236 cm³/mol. The molecule has 0 unspecified atom stereocenters. The van der Waals surface area contributed by atoms with E-state index in [1.807, 2.05) is 25.2 Å². The first-order valence-electron chi connectivity index (χ1n) is 18.5. The zero-order chi connectivity index (χ0) is 36.6. The number of fused-ring (bicyclic) bond motifs is 8. The topological polar surface area (TPSA) is 20.2 Å². The summed E-state index contributed by atoms with van der Waals surface area (Å²) in [6.45, 7) is 8.54. The van der Waals surface area contributed by atoms with E-state index < -0.39 is 0 Å². The van der Waals surface area contributed by atoms with Crippen molar-refractivity contribution in [3.05, 3.63) is 194 Å². The van der Waals surface area contributed by atoms with Crippen molar-refractivity contribution in [2.45, 2.75) is 13.8 Å². The van der Waals surface area contributed by atoms with E-state index in [1.54, 1.807) is 0 Å². The highest BCUT2D eigenvalue weighted by molar-refractivity contribution is 7.26. The van der Waals surface area contributed by atoms with Crippen molar-refractivity contribution in [2.75, 3.05) is 10.2 Å². The van der Waals surface area contributed by atoms with Crippen molar-refractivity contribution in [1.29, 1.82) is 0 Å². The first-order chi connectivity index (χ1) is 26.7. The van der Waals surface area contributed by atoms with Gasteiger partial charge >= 0.3 is 0 Å². The van der Waals surface area contributed by atoms with Crippen LogP contribution in [-0.2, 0) is 0 Å². The highest BCUT2D eigenvalue weighted by Gasteiger charge is 2.21. The molecule has 3 nitrogen and oxygen atoms in total. The maximum absolute atomic E-state index is 4.54. The number of thiophene rings is 1. The molecule has 1 aliphatic rings. The van der Waals surface area contributed by atoms with Gasteiger partial charge in [0.05, 0.1) is 16.7 Å². The molecule has 0 spiro atoms. The first-order valence-corrected chi connectivity index (χ1v) is 19.4. The molecule has 3 heterocycles. The van der Waals surface area contributed by atoms with Gasteiger partial charge in [-0.2, -0.15) is 0 Å². The number of nitrogens with zero attached hydrogens (tertiary/aromatic N) is 2. The molecule has 9 aromatic rings. The molecule has 1 N–H and O–H groups in total. The molecule has 0 atom stereocenters. The van der Waals surface area contributed by atoms with Crippen molar-refractivity contribution in [1.82, 2.24) is 4.57 Å². The van der Waals surface area contributed by atoms with Gasteiger partial charge in [0.25, 0.3) is 0 Å². The molecule has 260 valence electrons. The summed E-state index contributed by atoms with van der Waals surface area (Å²) in [6, 6.07) is 56.5. The van der Waals surface area contributed by atoms with Gasteiger partial charge in [-0.25, -0.2) is 0 Å². The van der Waals surface area contributed by atoms with E-state index >= 15 is 0 Å². The Hall–Kier alpha value is -6.62. The number of para-hydroxylation sites is 3. The average molecular weight is 714 g/mol. The summed E-state index contributed by atoms with van der Waals surface area (Å²) in [6.07, 6.45) is 8.42. The molecule has 4 heteroatoms. The van der Waals surface area contributed by atoms with Gasteiger partial charge in [0.2, 0.25) is 0 Å². The summed E-state index contributed by atoms with van der Waals surface area (Å²) in [5.74, 6) is 0. The molecule has 0 saturated carbocycles. The summed E-state index contributed by atoms with van der Waals surface area (Å²) in [5.41, 5.74) is 12.5. The number of hydrogen-bond donors (Lipinski definition) is 1. The van der Waals surface area contributed by atoms with E-state index in [9.17, 15) is 0 Å². The fourth-order valence-corrected chi connectivity index (χ4v) is 8.96. The van der Waals surface area contributed by atoms with Gasteiger partial charge in [0.1, 0.15) is 0 Å². The Bertz CT molecular complexity index is 2890. The lowest BCUT2D eigenvalue weighted by atomic mass is 9.99. The van der Waals surface area contributed by atoms with Gasteiger partial charge in [-0.15, -0.1) is 11.3 Å². The van der Waals surface area contributed by atoms with E-state index in [0.29, 0.717) is 0 Å². The maximum atomic E-state index is 4.54. The van der Waals surface area contributed by atoms with Crippen LogP contribution in [-0.4, -0.2) is 4.57 Å². The molecular weight excluding hydrogens is 675 g/mol. The molecule has 0 amide bonds. The number of rotatable bonds is 5. The third-order valence-electron chi connectivity index (χ3n) is 10.1. The second kappa shape index (κ2) is 14.1. The molecule has 7 aromatic carbocycles. The number of aromatic nitrogens is 1. The highest BCUT2D eigenvalue weighted by Crippen LogP contribution is 2.46. The van der Waals surface area contributed by atoms with Crippen LogP contribution in [0.1, 0.15) is 19.4 Å². The minimum Gasteiger partial charge on any atom is -0.355 e. The Balaban J connectivity index is 0.00000189. The van der Waals surface area contributed by atoms with Crippen molar-refractivity contribution >= 4 is 81.6 Å². The number of nitrogens with one attached hydrogen (secondary N) is 1. The SMILES string of the molecule is C=C1/C=C\C=C/N(c2ccccc2)c2ccc3c(sc4ccc(-n5c6ccccc6c6cc(Nc7ccccc7-c7ccccc7)ccc65)cc43)c21.CC. The fraction of sp³-hybridized carbons (Fsp3) is 0.0400. The molecule has 0 aliphatic carbocycles. The Morgan fingerprint density at radius 2 is 1.31 bits per heavy atom. The Labute approximate surface area is 320 Å². The van der Waals surface area contributed by atoms with Crippen LogP contribution in [0.25, 0.3) is 64.4 Å². The van der Waals surface area contributed by atoms with E-state index in [4.69, 9.17) is 0 Å². The lowest BCUT2D eigenvalue weighted by Crippen LogP contribution is -2.11.